The molecule has 1 saturated heterocycles. The summed E-state index contributed by atoms with van der Waals surface area (Å²) in [6, 6.07) is 5.30. The van der Waals surface area contributed by atoms with Gasteiger partial charge in [0.1, 0.15) is 12.4 Å². The molecule has 0 atom stereocenters. The van der Waals surface area contributed by atoms with Crippen LogP contribution < -0.4 is 15.0 Å². The number of piperidine rings is 1. The van der Waals surface area contributed by atoms with E-state index >= 15 is 0 Å². The number of nitrogens with one attached hydrogen (secondary N) is 1. The van der Waals surface area contributed by atoms with Crippen LogP contribution in [0, 0.1) is 11.3 Å². The lowest BCUT2D eigenvalue weighted by atomic mass is 9.93. The first-order valence-electron chi connectivity index (χ1n) is 9.87. The van der Waals surface area contributed by atoms with Gasteiger partial charge in [-0.25, -0.2) is 12.7 Å². The Morgan fingerprint density at radius 2 is 1.93 bits per heavy atom. The van der Waals surface area contributed by atoms with E-state index in [9.17, 15) is 18.0 Å². The Balaban J connectivity index is 1.72. The summed E-state index contributed by atoms with van der Waals surface area (Å²) in [7, 11) is -3.22. The fraction of sp³-hybridized carbons (Fsp3) is 0.600. The van der Waals surface area contributed by atoms with Crippen molar-refractivity contribution in [3.8, 4) is 5.75 Å². The third kappa shape index (κ3) is 4.56. The van der Waals surface area contributed by atoms with Gasteiger partial charge in [-0.05, 0) is 45.7 Å². The topological polar surface area (TPSA) is 96.0 Å². The van der Waals surface area contributed by atoms with Gasteiger partial charge in [-0.1, -0.05) is 0 Å². The molecule has 0 radical (unpaired) electrons. The molecule has 3 rings (SSSR count). The van der Waals surface area contributed by atoms with Crippen LogP contribution in [0.3, 0.4) is 0 Å². The van der Waals surface area contributed by atoms with Gasteiger partial charge >= 0.3 is 0 Å². The Bertz CT molecular complexity index is 905. The van der Waals surface area contributed by atoms with Crippen LogP contribution in [-0.2, 0) is 19.6 Å². The highest BCUT2D eigenvalue weighted by molar-refractivity contribution is 7.88. The highest BCUT2D eigenvalue weighted by Gasteiger charge is 2.37. The maximum atomic E-state index is 12.8. The van der Waals surface area contributed by atoms with Gasteiger partial charge in [0, 0.05) is 37.3 Å². The maximum Gasteiger partial charge on any atom is 0.236 e. The van der Waals surface area contributed by atoms with Crippen LogP contribution in [0.5, 0.6) is 5.75 Å². The molecule has 9 heteroatoms. The lowest BCUT2D eigenvalue weighted by Crippen LogP contribution is -2.42. The third-order valence-electron chi connectivity index (χ3n) is 5.54. The number of rotatable bonds is 4. The zero-order valence-corrected chi connectivity index (χ0v) is 18.2. The minimum absolute atomic E-state index is 0.00757. The number of anilines is 2. The number of ether oxygens (including phenoxy) is 1. The highest BCUT2D eigenvalue weighted by Crippen LogP contribution is 2.38. The van der Waals surface area contributed by atoms with Gasteiger partial charge in [0.15, 0.2) is 0 Å². The van der Waals surface area contributed by atoms with Crippen LogP contribution in [-0.4, -0.2) is 57.0 Å². The average molecular weight is 424 g/mol. The molecule has 8 nitrogen and oxygen atoms in total. The van der Waals surface area contributed by atoms with E-state index in [2.05, 4.69) is 5.32 Å². The summed E-state index contributed by atoms with van der Waals surface area (Å²) in [6.07, 6.45) is 2.17. The first-order chi connectivity index (χ1) is 13.5. The maximum absolute atomic E-state index is 12.8. The molecule has 1 aromatic carbocycles. The molecule has 29 heavy (non-hydrogen) atoms. The Morgan fingerprint density at radius 1 is 1.28 bits per heavy atom. The molecule has 1 aromatic rings. The average Bonchev–Trinajstić information content (AvgIpc) is 2.76. The van der Waals surface area contributed by atoms with Gasteiger partial charge in [-0.15, -0.1) is 0 Å². The zero-order chi connectivity index (χ0) is 21.4. The highest BCUT2D eigenvalue weighted by atomic mass is 32.2. The van der Waals surface area contributed by atoms with Crippen LogP contribution >= 0.6 is 0 Å². The minimum Gasteiger partial charge on any atom is -0.490 e. The monoisotopic (exact) mass is 423 g/mol. The van der Waals surface area contributed by atoms with Gasteiger partial charge in [0.2, 0.25) is 21.8 Å². The molecule has 0 aromatic heterocycles. The molecule has 2 aliphatic heterocycles. The van der Waals surface area contributed by atoms with Crippen LogP contribution in [0.2, 0.25) is 0 Å². The Labute approximate surface area is 172 Å². The van der Waals surface area contributed by atoms with Crippen molar-refractivity contribution in [1.82, 2.24) is 4.31 Å². The Hall–Kier alpha value is -2.13. The Morgan fingerprint density at radius 3 is 2.52 bits per heavy atom. The second-order valence-corrected chi connectivity index (χ2v) is 10.3. The second-order valence-electron chi connectivity index (χ2n) is 8.33. The number of nitrogens with zero attached hydrogens (tertiary/aromatic N) is 2. The lowest BCUT2D eigenvalue weighted by molar-refractivity contribution is -0.127. The third-order valence-corrected chi connectivity index (χ3v) is 6.84. The summed E-state index contributed by atoms with van der Waals surface area (Å²) in [5.41, 5.74) is 0.663. The number of amides is 2. The molecule has 1 fully saturated rings. The zero-order valence-electron chi connectivity index (χ0n) is 17.4. The van der Waals surface area contributed by atoms with Crippen molar-refractivity contribution in [1.29, 1.82) is 0 Å². The Kier molecular flexibility index (Phi) is 5.91. The molecule has 2 amide bonds. The smallest absolute Gasteiger partial charge is 0.236 e. The standard InChI is InChI=1S/C20H29N3O5S/c1-5-23-16-7-6-15(12-17(16)28-13-20(2,3)19(23)25)21-18(24)14-8-10-22(11-9-14)29(4,26)27/h6-7,12,14H,5,8-11,13H2,1-4H3,(H,21,24). The summed E-state index contributed by atoms with van der Waals surface area (Å²) in [6.45, 7) is 7.13. The van der Waals surface area contributed by atoms with E-state index in [-0.39, 0.29) is 24.3 Å². The summed E-state index contributed by atoms with van der Waals surface area (Å²) in [5.74, 6) is 0.208. The summed E-state index contributed by atoms with van der Waals surface area (Å²) < 4.78 is 30.6. The predicted molar refractivity (Wildman–Crippen MR) is 112 cm³/mol. The van der Waals surface area contributed by atoms with E-state index in [1.807, 2.05) is 20.8 Å². The SMILES string of the molecule is CCN1C(=O)C(C)(C)COc2cc(NC(=O)C3CCN(S(C)(=O)=O)CC3)ccc21. The molecule has 0 bridgehead atoms. The summed E-state index contributed by atoms with van der Waals surface area (Å²) in [5, 5.41) is 2.91. The van der Waals surface area contributed by atoms with E-state index in [0.717, 1.165) is 0 Å². The predicted octanol–water partition coefficient (Wildman–Crippen LogP) is 2.07. The van der Waals surface area contributed by atoms with Gasteiger partial charge in [-0.3, -0.25) is 9.59 Å². The van der Waals surface area contributed by atoms with Crippen molar-refractivity contribution in [2.24, 2.45) is 11.3 Å². The normalized spacial score (nSPS) is 20.6. The molecule has 1 N–H and O–H groups in total. The van der Waals surface area contributed by atoms with Gasteiger partial charge in [0.25, 0.3) is 0 Å². The number of fused-ring (bicyclic) bond motifs is 1. The van der Waals surface area contributed by atoms with Gasteiger partial charge < -0.3 is 15.0 Å². The second kappa shape index (κ2) is 7.95. The van der Waals surface area contributed by atoms with Crippen molar-refractivity contribution in [2.45, 2.75) is 33.6 Å². The molecule has 0 spiro atoms. The van der Waals surface area contributed by atoms with E-state index < -0.39 is 15.4 Å². The largest absolute Gasteiger partial charge is 0.490 e. The van der Waals surface area contributed by atoms with Crippen LogP contribution in [0.1, 0.15) is 33.6 Å². The van der Waals surface area contributed by atoms with Crippen LogP contribution in [0.25, 0.3) is 0 Å². The van der Waals surface area contributed by atoms with Gasteiger partial charge in [-0.2, -0.15) is 0 Å². The van der Waals surface area contributed by atoms with E-state index in [1.54, 1.807) is 23.1 Å². The van der Waals surface area contributed by atoms with Crippen molar-refractivity contribution >= 4 is 33.2 Å². The molecular formula is C20H29N3O5S. The summed E-state index contributed by atoms with van der Waals surface area (Å²) >= 11 is 0. The number of benzene rings is 1. The van der Waals surface area contributed by atoms with Crippen LogP contribution in [0.4, 0.5) is 11.4 Å². The van der Waals surface area contributed by atoms with Crippen LogP contribution in [0.15, 0.2) is 18.2 Å². The van der Waals surface area contributed by atoms with E-state index in [1.165, 1.54) is 10.6 Å². The fourth-order valence-electron chi connectivity index (χ4n) is 3.73. The quantitative estimate of drug-likeness (QED) is 0.800. The lowest BCUT2D eigenvalue weighted by Gasteiger charge is -2.29. The number of hydrogen-bond acceptors (Lipinski definition) is 5. The van der Waals surface area contributed by atoms with Crippen molar-refractivity contribution in [3.63, 3.8) is 0 Å². The minimum atomic E-state index is -3.22. The molecule has 0 unspecified atom stereocenters. The molecule has 0 aliphatic carbocycles. The fourth-order valence-corrected chi connectivity index (χ4v) is 4.61. The number of sulfonamides is 1. The first kappa shape index (κ1) is 21.6. The van der Waals surface area contributed by atoms with Crippen molar-refractivity contribution in [2.75, 3.05) is 42.7 Å². The number of hydrogen-bond donors (Lipinski definition) is 1. The first-order valence-corrected chi connectivity index (χ1v) is 11.7. The van der Waals surface area contributed by atoms with Gasteiger partial charge in [0.05, 0.1) is 17.4 Å². The molecule has 2 aliphatic rings. The van der Waals surface area contributed by atoms with E-state index in [0.29, 0.717) is 49.6 Å². The molecule has 0 saturated carbocycles. The molecular weight excluding hydrogens is 394 g/mol. The van der Waals surface area contributed by atoms with Crippen molar-refractivity contribution < 1.29 is 22.7 Å². The summed E-state index contributed by atoms with van der Waals surface area (Å²) in [4.78, 5) is 27.1. The number of carbonyl (C=O) groups excluding carboxylic acids is 2. The molecule has 160 valence electrons. The van der Waals surface area contributed by atoms with E-state index in [4.69, 9.17) is 4.74 Å². The van der Waals surface area contributed by atoms with Crippen molar-refractivity contribution in [3.05, 3.63) is 18.2 Å². The molecule has 2 heterocycles. The number of carbonyl (C=O) groups is 2.